The molecular formula is C33H65NO3. The first-order chi connectivity index (χ1) is 18.2. The van der Waals surface area contributed by atoms with E-state index < -0.39 is 12.1 Å². The molecule has 0 aromatic heterocycles. The molecule has 0 unspecified atom stereocenters. The predicted molar refractivity (Wildman–Crippen MR) is 161 cm³/mol. The number of hydrogen-bond donors (Lipinski definition) is 3. The maximum atomic E-state index is 12.2. The molecule has 0 aliphatic heterocycles. The highest BCUT2D eigenvalue weighted by molar-refractivity contribution is 5.76. The van der Waals surface area contributed by atoms with Gasteiger partial charge in [-0.15, -0.1) is 0 Å². The molecular weight excluding hydrogens is 458 g/mol. The van der Waals surface area contributed by atoms with Crippen molar-refractivity contribution in [1.29, 1.82) is 0 Å². The third kappa shape index (κ3) is 26.5. The summed E-state index contributed by atoms with van der Waals surface area (Å²) in [7, 11) is 0. The first kappa shape index (κ1) is 36.1. The molecule has 0 aliphatic carbocycles. The van der Waals surface area contributed by atoms with Crippen molar-refractivity contribution in [3.63, 3.8) is 0 Å². The number of allylic oxidation sites excluding steroid dienone is 1. The van der Waals surface area contributed by atoms with Gasteiger partial charge in [-0.1, -0.05) is 161 Å². The van der Waals surface area contributed by atoms with E-state index in [1.807, 2.05) is 6.08 Å². The SMILES string of the molecule is CCCCCCCCCCCCC/C=C/[C@H](O)[C@@H](CO)NC(=O)CCCCCCCCCCCCCC. The van der Waals surface area contributed by atoms with Gasteiger partial charge in [-0.25, -0.2) is 0 Å². The first-order valence-electron chi connectivity index (χ1n) is 16.4. The lowest BCUT2D eigenvalue weighted by molar-refractivity contribution is -0.123. The van der Waals surface area contributed by atoms with Crippen LogP contribution in [0.1, 0.15) is 174 Å². The number of aliphatic hydroxyl groups excluding tert-OH is 2. The lowest BCUT2D eigenvalue weighted by Crippen LogP contribution is -2.45. The zero-order valence-electron chi connectivity index (χ0n) is 25.0. The summed E-state index contributed by atoms with van der Waals surface area (Å²) in [6.07, 6.45) is 34.2. The maximum Gasteiger partial charge on any atom is 0.220 e. The van der Waals surface area contributed by atoms with Crippen LogP contribution in [0.3, 0.4) is 0 Å². The average Bonchev–Trinajstić information content (AvgIpc) is 2.90. The van der Waals surface area contributed by atoms with Gasteiger partial charge < -0.3 is 15.5 Å². The highest BCUT2D eigenvalue weighted by Crippen LogP contribution is 2.14. The fourth-order valence-electron chi connectivity index (χ4n) is 4.94. The Hall–Kier alpha value is -0.870. The van der Waals surface area contributed by atoms with Crippen LogP contribution in [0.4, 0.5) is 0 Å². The Balaban J connectivity index is 3.65. The van der Waals surface area contributed by atoms with Crippen molar-refractivity contribution in [3.8, 4) is 0 Å². The molecule has 37 heavy (non-hydrogen) atoms. The minimum Gasteiger partial charge on any atom is -0.394 e. The third-order valence-corrected chi connectivity index (χ3v) is 7.52. The fraction of sp³-hybridized carbons (Fsp3) is 0.909. The van der Waals surface area contributed by atoms with Gasteiger partial charge in [0.05, 0.1) is 18.8 Å². The van der Waals surface area contributed by atoms with E-state index in [0.29, 0.717) is 6.42 Å². The molecule has 0 saturated carbocycles. The molecule has 4 nitrogen and oxygen atoms in total. The molecule has 4 heteroatoms. The smallest absolute Gasteiger partial charge is 0.220 e. The number of aliphatic hydroxyl groups is 2. The van der Waals surface area contributed by atoms with Crippen molar-refractivity contribution in [2.45, 2.75) is 187 Å². The van der Waals surface area contributed by atoms with Crippen molar-refractivity contribution >= 4 is 5.91 Å². The van der Waals surface area contributed by atoms with E-state index >= 15 is 0 Å². The van der Waals surface area contributed by atoms with Crippen LogP contribution in [-0.4, -0.2) is 34.9 Å². The Labute approximate surface area is 231 Å². The minimum atomic E-state index is -0.830. The summed E-state index contributed by atoms with van der Waals surface area (Å²) in [6.45, 7) is 4.28. The molecule has 0 aliphatic rings. The summed E-state index contributed by atoms with van der Waals surface area (Å²) < 4.78 is 0. The normalized spacial score (nSPS) is 13.3. The summed E-state index contributed by atoms with van der Waals surface area (Å²) >= 11 is 0. The molecule has 0 spiro atoms. The maximum absolute atomic E-state index is 12.2. The van der Waals surface area contributed by atoms with Gasteiger partial charge in [0.1, 0.15) is 0 Å². The Kier molecular flexibility index (Phi) is 29.0. The number of carbonyl (C=O) groups excluding carboxylic acids is 1. The van der Waals surface area contributed by atoms with E-state index in [2.05, 4.69) is 19.2 Å². The number of nitrogens with one attached hydrogen (secondary N) is 1. The molecule has 2 atom stereocenters. The Morgan fingerprint density at radius 3 is 1.41 bits per heavy atom. The van der Waals surface area contributed by atoms with E-state index in [4.69, 9.17) is 0 Å². The molecule has 0 saturated heterocycles. The number of rotatable bonds is 29. The van der Waals surface area contributed by atoms with E-state index in [1.165, 1.54) is 128 Å². The van der Waals surface area contributed by atoms with Crippen LogP contribution in [-0.2, 0) is 4.79 Å². The van der Waals surface area contributed by atoms with E-state index in [1.54, 1.807) is 6.08 Å². The summed E-state index contributed by atoms with van der Waals surface area (Å²) in [5.74, 6) is -0.0658. The molecule has 1 amide bonds. The van der Waals surface area contributed by atoms with Crippen molar-refractivity contribution in [3.05, 3.63) is 12.2 Å². The molecule has 0 aromatic rings. The van der Waals surface area contributed by atoms with Crippen molar-refractivity contribution < 1.29 is 15.0 Å². The molecule has 3 N–H and O–H groups in total. The summed E-state index contributed by atoms with van der Waals surface area (Å²) in [5, 5.41) is 22.8. The molecule has 220 valence electrons. The molecule has 0 radical (unpaired) electrons. The van der Waals surface area contributed by atoms with Gasteiger partial charge in [0.15, 0.2) is 0 Å². The standard InChI is InChI=1S/C33H65NO3/c1-3-5-7-9-11-13-15-17-18-20-22-24-26-28-32(36)31(30-35)34-33(37)29-27-25-23-21-19-16-14-12-10-8-6-4-2/h26,28,31-32,35-36H,3-25,27,29-30H2,1-2H3,(H,34,37)/b28-26+/t31-,32+/m1/s1. The largest absolute Gasteiger partial charge is 0.394 e. The molecule has 0 heterocycles. The van der Waals surface area contributed by atoms with Gasteiger partial charge in [-0.3, -0.25) is 4.79 Å². The molecule has 0 rings (SSSR count). The van der Waals surface area contributed by atoms with Gasteiger partial charge in [0.25, 0.3) is 0 Å². The van der Waals surface area contributed by atoms with Crippen LogP contribution in [0.25, 0.3) is 0 Å². The molecule has 0 bridgehead atoms. The monoisotopic (exact) mass is 523 g/mol. The van der Waals surface area contributed by atoms with Gasteiger partial charge in [-0.05, 0) is 19.3 Å². The van der Waals surface area contributed by atoms with Crippen molar-refractivity contribution in [1.82, 2.24) is 5.32 Å². The van der Waals surface area contributed by atoms with Crippen LogP contribution in [0.2, 0.25) is 0 Å². The Morgan fingerprint density at radius 2 is 1.00 bits per heavy atom. The summed E-state index contributed by atoms with van der Waals surface area (Å²) in [5.41, 5.74) is 0. The summed E-state index contributed by atoms with van der Waals surface area (Å²) in [6, 6.07) is -0.613. The van der Waals surface area contributed by atoms with Crippen LogP contribution < -0.4 is 5.32 Å². The second kappa shape index (κ2) is 29.7. The topological polar surface area (TPSA) is 69.6 Å². The molecule has 0 fully saturated rings. The Bertz CT molecular complexity index is 494. The van der Waals surface area contributed by atoms with E-state index in [0.717, 1.165) is 25.7 Å². The van der Waals surface area contributed by atoms with Crippen LogP contribution in [0, 0.1) is 0 Å². The highest BCUT2D eigenvalue weighted by atomic mass is 16.3. The van der Waals surface area contributed by atoms with Crippen LogP contribution in [0.5, 0.6) is 0 Å². The zero-order chi connectivity index (χ0) is 27.2. The van der Waals surface area contributed by atoms with Crippen LogP contribution in [0.15, 0.2) is 12.2 Å². The van der Waals surface area contributed by atoms with Gasteiger partial charge >= 0.3 is 0 Å². The fourth-order valence-corrected chi connectivity index (χ4v) is 4.94. The van der Waals surface area contributed by atoms with E-state index in [9.17, 15) is 15.0 Å². The average molecular weight is 524 g/mol. The lowest BCUT2D eigenvalue weighted by Gasteiger charge is -2.20. The van der Waals surface area contributed by atoms with Gasteiger partial charge in [0, 0.05) is 6.42 Å². The Morgan fingerprint density at radius 1 is 0.622 bits per heavy atom. The number of unbranched alkanes of at least 4 members (excludes halogenated alkanes) is 22. The van der Waals surface area contributed by atoms with E-state index in [-0.39, 0.29) is 12.5 Å². The van der Waals surface area contributed by atoms with Crippen molar-refractivity contribution in [2.75, 3.05) is 6.61 Å². The van der Waals surface area contributed by atoms with Crippen LogP contribution >= 0.6 is 0 Å². The van der Waals surface area contributed by atoms with Gasteiger partial charge in [0.2, 0.25) is 5.91 Å². The zero-order valence-corrected chi connectivity index (χ0v) is 25.0. The number of amides is 1. The summed E-state index contributed by atoms with van der Waals surface area (Å²) in [4.78, 5) is 12.2. The highest BCUT2D eigenvalue weighted by Gasteiger charge is 2.17. The lowest BCUT2D eigenvalue weighted by atomic mass is 10.0. The van der Waals surface area contributed by atoms with Gasteiger partial charge in [-0.2, -0.15) is 0 Å². The minimum absolute atomic E-state index is 0.0658. The molecule has 0 aromatic carbocycles. The predicted octanol–water partition coefficient (Wildman–Crippen LogP) is 9.17. The second-order valence-electron chi connectivity index (χ2n) is 11.2. The number of carbonyl (C=O) groups is 1. The third-order valence-electron chi connectivity index (χ3n) is 7.52. The first-order valence-corrected chi connectivity index (χ1v) is 16.4. The number of hydrogen-bond acceptors (Lipinski definition) is 3. The van der Waals surface area contributed by atoms with Crippen molar-refractivity contribution in [2.24, 2.45) is 0 Å². The second-order valence-corrected chi connectivity index (χ2v) is 11.2. The quantitative estimate of drug-likeness (QED) is 0.0676.